The highest BCUT2D eigenvalue weighted by Crippen LogP contribution is 2.37. The molecule has 1 aromatic heterocycles. The molecule has 0 fully saturated rings. The van der Waals surface area contributed by atoms with Gasteiger partial charge < -0.3 is 5.11 Å². The minimum Gasteiger partial charge on any atom is -0.373 e. The molecule has 0 aliphatic rings. The molecule has 5 nitrogen and oxygen atoms in total. The molecule has 152 valence electrons. The Hall–Kier alpha value is -3.22. The van der Waals surface area contributed by atoms with E-state index in [0.717, 1.165) is 15.1 Å². The molecule has 1 unspecified atom stereocenters. The second-order valence-corrected chi connectivity index (χ2v) is 9.12. The summed E-state index contributed by atoms with van der Waals surface area (Å²) in [6.45, 7) is 3.85. The van der Waals surface area contributed by atoms with Crippen molar-refractivity contribution in [1.82, 2.24) is 8.96 Å². The average molecular weight is 419 g/mol. The molecule has 1 N–H and O–H groups in total. The highest BCUT2D eigenvalue weighted by molar-refractivity contribution is 7.90. The maximum Gasteiger partial charge on any atom is 0.269 e. The molecular formula is C24H22N2O3S. The summed E-state index contributed by atoms with van der Waals surface area (Å²) in [5, 5.41) is 12.0. The molecule has 0 saturated carbocycles. The van der Waals surface area contributed by atoms with Gasteiger partial charge in [0.1, 0.15) is 0 Å². The van der Waals surface area contributed by atoms with Gasteiger partial charge in [-0.15, -0.1) is 0 Å². The standard InChI is InChI=1S/C24H22N2O3S/c1-18-8-12-21(13-9-18)24(27,20-6-4-3-5-7-20)23-25-16-17-26(23)30(28,29)22-14-10-19(2)11-15-22/h3-17,27H,1-2H3. The second kappa shape index (κ2) is 7.55. The topological polar surface area (TPSA) is 72.2 Å². The second-order valence-electron chi connectivity index (χ2n) is 7.31. The Labute approximate surface area is 176 Å². The first kappa shape index (κ1) is 20.1. The van der Waals surface area contributed by atoms with E-state index in [0.29, 0.717) is 11.1 Å². The van der Waals surface area contributed by atoms with Crippen LogP contribution in [0.1, 0.15) is 28.1 Å². The molecule has 4 rings (SSSR count). The molecule has 30 heavy (non-hydrogen) atoms. The zero-order valence-electron chi connectivity index (χ0n) is 16.7. The van der Waals surface area contributed by atoms with Crippen molar-refractivity contribution in [2.24, 2.45) is 0 Å². The number of aliphatic hydroxyl groups is 1. The van der Waals surface area contributed by atoms with E-state index < -0.39 is 15.6 Å². The fraction of sp³-hybridized carbons (Fsp3) is 0.125. The van der Waals surface area contributed by atoms with E-state index >= 15 is 0 Å². The van der Waals surface area contributed by atoms with Crippen LogP contribution in [0.15, 0.2) is 96.2 Å². The summed E-state index contributed by atoms with van der Waals surface area (Å²) in [6.07, 6.45) is 2.76. The van der Waals surface area contributed by atoms with Gasteiger partial charge in [-0.3, -0.25) is 0 Å². The van der Waals surface area contributed by atoms with Crippen LogP contribution in [0.5, 0.6) is 0 Å². The van der Waals surface area contributed by atoms with Crippen LogP contribution in [0.4, 0.5) is 0 Å². The number of aromatic nitrogens is 2. The number of nitrogens with zero attached hydrogens (tertiary/aromatic N) is 2. The lowest BCUT2D eigenvalue weighted by Gasteiger charge is -2.29. The molecule has 1 atom stereocenters. The molecule has 0 amide bonds. The van der Waals surface area contributed by atoms with Crippen molar-refractivity contribution in [2.75, 3.05) is 0 Å². The van der Waals surface area contributed by atoms with Gasteiger partial charge >= 0.3 is 0 Å². The summed E-state index contributed by atoms with van der Waals surface area (Å²) in [7, 11) is -3.96. The molecule has 0 aliphatic carbocycles. The minimum absolute atomic E-state index is 0.0122. The van der Waals surface area contributed by atoms with Crippen LogP contribution in [0.25, 0.3) is 0 Å². The number of hydrogen-bond donors (Lipinski definition) is 1. The quantitative estimate of drug-likeness (QED) is 0.531. The monoisotopic (exact) mass is 418 g/mol. The Morgan fingerprint density at radius 1 is 0.800 bits per heavy atom. The summed E-state index contributed by atoms with van der Waals surface area (Å²) in [4.78, 5) is 4.44. The van der Waals surface area contributed by atoms with Crippen LogP contribution in [0.2, 0.25) is 0 Å². The third-order valence-corrected chi connectivity index (χ3v) is 6.85. The minimum atomic E-state index is -3.96. The lowest BCUT2D eigenvalue weighted by Crippen LogP contribution is -2.34. The maximum absolute atomic E-state index is 13.4. The molecule has 6 heteroatoms. The van der Waals surface area contributed by atoms with Crippen molar-refractivity contribution in [3.05, 3.63) is 119 Å². The summed E-state index contributed by atoms with van der Waals surface area (Å²) in [5.41, 5.74) is 1.30. The number of imidazole rings is 1. The third-order valence-electron chi connectivity index (χ3n) is 5.17. The summed E-state index contributed by atoms with van der Waals surface area (Å²) >= 11 is 0. The molecule has 4 aromatic rings. The van der Waals surface area contributed by atoms with E-state index in [4.69, 9.17) is 0 Å². The Morgan fingerprint density at radius 3 is 1.93 bits per heavy atom. The smallest absolute Gasteiger partial charge is 0.269 e. The first-order chi connectivity index (χ1) is 14.3. The zero-order valence-corrected chi connectivity index (χ0v) is 17.5. The molecule has 0 radical (unpaired) electrons. The van der Waals surface area contributed by atoms with E-state index in [1.54, 1.807) is 60.7 Å². The summed E-state index contributed by atoms with van der Waals surface area (Å²) < 4.78 is 27.9. The lowest BCUT2D eigenvalue weighted by atomic mass is 9.85. The highest BCUT2D eigenvalue weighted by atomic mass is 32.2. The predicted octanol–water partition coefficient (Wildman–Crippen LogP) is 4.02. The molecule has 1 heterocycles. The molecular weight excluding hydrogens is 396 g/mol. The van der Waals surface area contributed by atoms with Gasteiger partial charge in [-0.25, -0.2) is 17.4 Å². The van der Waals surface area contributed by atoms with Gasteiger partial charge in [0.15, 0.2) is 11.4 Å². The van der Waals surface area contributed by atoms with Crippen molar-refractivity contribution in [3.8, 4) is 0 Å². The number of aryl methyl sites for hydroxylation is 2. The van der Waals surface area contributed by atoms with E-state index in [9.17, 15) is 13.5 Å². The van der Waals surface area contributed by atoms with E-state index in [1.165, 1.54) is 12.4 Å². The predicted molar refractivity (Wildman–Crippen MR) is 116 cm³/mol. The Bertz CT molecular complexity index is 1260. The Kier molecular flexibility index (Phi) is 5.05. The van der Waals surface area contributed by atoms with Gasteiger partial charge in [0.2, 0.25) is 0 Å². The first-order valence-electron chi connectivity index (χ1n) is 9.54. The molecule has 0 spiro atoms. The average Bonchev–Trinajstić information content (AvgIpc) is 3.26. The maximum atomic E-state index is 13.4. The van der Waals surface area contributed by atoms with Gasteiger partial charge in [-0.1, -0.05) is 77.9 Å². The molecule has 3 aromatic carbocycles. The third kappa shape index (κ3) is 3.34. The normalized spacial score (nSPS) is 13.7. The SMILES string of the molecule is Cc1ccc(C(O)(c2ccccc2)c2nccn2S(=O)(=O)c2ccc(C)cc2)cc1. The molecule has 0 aliphatic heterocycles. The fourth-order valence-corrected chi connectivity index (χ4v) is 4.79. The number of hydrogen-bond acceptors (Lipinski definition) is 4. The zero-order chi connectivity index (χ0) is 21.4. The summed E-state index contributed by atoms with van der Waals surface area (Å²) in [6, 6.07) is 22.9. The summed E-state index contributed by atoms with van der Waals surface area (Å²) in [5.74, 6) is 0.0122. The van der Waals surface area contributed by atoms with Crippen molar-refractivity contribution in [3.63, 3.8) is 0 Å². The van der Waals surface area contributed by atoms with Crippen molar-refractivity contribution in [1.29, 1.82) is 0 Å². The van der Waals surface area contributed by atoms with Crippen LogP contribution in [0.3, 0.4) is 0 Å². The van der Waals surface area contributed by atoms with Crippen LogP contribution in [0, 0.1) is 13.8 Å². The number of benzene rings is 3. The van der Waals surface area contributed by atoms with E-state index in [-0.39, 0.29) is 10.7 Å². The Balaban J connectivity index is 1.96. The van der Waals surface area contributed by atoms with Crippen LogP contribution >= 0.6 is 0 Å². The largest absolute Gasteiger partial charge is 0.373 e. The highest BCUT2D eigenvalue weighted by Gasteiger charge is 2.40. The van der Waals surface area contributed by atoms with Gasteiger partial charge in [0.25, 0.3) is 10.0 Å². The van der Waals surface area contributed by atoms with Gasteiger partial charge in [0.05, 0.1) is 4.90 Å². The first-order valence-corrected chi connectivity index (χ1v) is 11.0. The van der Waals surface area contributed by atoms with Crippen LogP contribution < -0.4 is 0 Å². The lowest BCUT2D eigenvalue weighted by molar-refractivity contribution is 0.115. The van der Waals surface area contributed by atoms with Gasteiger partial charge in [-0.2, -0.15) is 0 Å². The number of rotatable bonds is 5. The molecule has 0 bridgehead atoms. The van der Waals surface area contributed by atoms with Crippen molar-refractivity contribution >= 4 is 10.0 Å². The molecule has 0 saturated heterocycles. The van der Waals surface area contributed by atoms with Gasteiger partial charge in [-0.05, 0) is 37.1 Å². The fourth-order valence-electron chi connectivity index (χ4n) is 3.46. The Morgan fingerprint density at radius 2 is 1.33 bits per heavy atom. The van der Waals surface area contributed by atoms with Crippen molar-refractivity contribution in [2.45, 2.75) is 24.3 Å². The van der Waals surface area contributed by atoms with E-state index in [2.05, 4.69) is 4.98 Å². The van der Waals surface area contributed by atoms with Crippen LogP contribution in [-0.4, -0.2) is 22.5 Å². The van der Waals surface area contributed by atoms with Crippen molar-refractivity contribution < 1.29 is 13.5 Å². The van der Waals surface area contributed by atoms with E-state index in [1.807, 2.05) is 32.0 Å². The van der Waals surface area contributed by atoms with Gasteiger partial charge in [0, 0.05) is 12.4 Å². The van der Waals surface area contributed by atoms with Crippen LogP contribution in [-0.2, 0) is 15.6 Å².